The highest BCUT2D eigenvalue weighted by molar-refractivity contribution is 5.83. The Labute approximate surface area is 169 Å². The molecule has 0 amide bonds. The Kier molecular flexibility index (Phi) is 4.62. The summed E-state index contributed by atoms with van der Waals surface area (Å²) < 4.78 is 5.45. The molecule has 5 rings (SSSR count). The molecule has 0 radical (unpaired) electrons. The SMILES string of the molecule is Cc1ccccc1-c1cc2nc(Nc3cccc(N4CCOCC4)c3)ncc2[nH]1. The molecule has 1 aliphatic heterocycles. The largest absolute Gasteiger partial charge is 0.378 e. The van der Waals surface area contributed by atoms with Gasteiger partial charge in [-0.1, -0.05) is 30.3 Å². The summed E-state index contributed by atoms with van der Waals surface area (Å²) in [4.78, 5) is 14.9. The predicted octanol–water partition coefficient (Wildman–Crippen LogP) is 4.51. The number of aromatic nitrogens is 3. The topological polar surface area (TPSA) is 66.1 Å². The van der Waals surface area contributed by atoms with E-state index in [2.05, 4.69) is 63.5 Å². The Bertz CT molecular complexity index is 1150. The molecule has 0 atom stereocenters. The number of hydrogen-bond donors (Lipinski definition) is 2. The fourth-order valence-electron chi connectivity index (χ4n) is 3.73. The van der Waals surface area contributed by atoms with Gasteiger partial charge < -0.3 is 19.9 Å². The van der Waals surface area contributed by atoms with E-state index >= 15 is 0 Å². The average molecular weight is 385 g/mol. The molecule has 0 bridgehead atoms. The molecule has 1 fully saturated rings. The number of aromatic amines is 1. The Morgan fingerprint density at radius 3 is 2.76 bits per heavy atom. The quantitative estimate of drug-likeness (QED) is 0.541. The first-order chi connectivity index (χ1) is 14.3. The van der Waals surface area contributed by atoms with Gasteiger partial charge in [0.1, 0.15) is 0 Å². The van der Waals surface area contributed by atoms with Gasteiger partial charge >= 0.3 is 0 Å². The first-order valence-corrected chi connectivity index (χ1v) is 9.88. The van der Waals surface area contributed by atoms with Crippen molar-refractivity contribution >= 4 is 28.4 Å². The minimum absolute atomic E-state index is 0.590. The highest BCUT2D eigenvalue weighted by Gasteiger charge is 2.12. The lowest BCUT2D eigenvalue weighted by molar-refractivity contribution is 0.122. The molecule has 0 saturated carbocycles. The number of anilines is 3. The number of H-pyrrole nitrogens is 1. The third kappa shape index (κ3) is 3.67. The molecule has 0 aliphatic carbocycles. The van der Waals surface area contributed by atoms with Crippen LogP contribution in [0, 0.1) is 6.92 Å². The van der Waals surface area contributed by atoms with Crippen molar-refractivity contribution in [2.24, 2.45) is 0 Å². The van der Waals surface area contributed by atoms with Crippen molar-refractivity contribution in [2.75, 3.05) is 36.5 Å². The number of rotatable bonds is 4. The van der Waals surface area contributed by atoms with Crippen molar-refractivity contribution in [1.82, 2.24) is 15.0 Å². The van der Waals surface area contributed by atoms with Crippen molar-refractivity contribution in [2.45, 2.75) is 6.92 Å². The molecule has 146 valence electrons. The van der Waals surface area contributed by atoms with Gasteiger partial charge in [0.05, 0.1) is 30.4 Å². The smallest absolute Gasteiger partial charge is 0.227 e. The van der Waals surface area contributed by atoms with Gasteiger partial charge in [0, 0.05) is 35.7 Å². The number of nitrogens with zero attached hydrogens (tertiary/aromatic N) is 3. The zero-order valence-electron chi connectivity index (χ0n) is 16.4. The normalized spacial score (nSPS) is 14.3. The van der Waals surface area contributed by atoms with Crippen LogP contribution in [0.4, 0.5) is 17.3 Å². The van der Waals surface area contributed by atoms with Gasteiger partial charge in [0.2, 0.25) is 5.95 Å². The molecule has 2 aromatic heterocycles. The van der Waals surface area contributed by atoms with Crippen LogP contribution in [0.2, 0.25) is 0 Å². The van der Waals surface area contributed by atoms with Gasteiger partial charge in [-0.15, -0.1) is 0 Å². The molecule has 1 aliphatic rings. The van der Waals surface area contributed by atoms with Gasteiger partial charge in [-0.05, 0) is 36.8 Å². The van der Waals surface area contributed by atoms with Crippen LogP contribution in [0.1, 0.15) is 5.56 Å². The van der Waals surface area contributed by atoms with Gasteiger partial charge in [0.25, 0.3) is 0 Å². The van der Waals surface area contributed by atoms with E-state index in [1.807, 2.05) is 24.4 Å². The van der Waals surface area contributed by atoms with Gasteiger partial charge in [-0.3, -0.25) is 0 Å². The summed E-state index contributed by atoms with van der Waals surface area (Å²) in [7, 11) is 0. The third-order valence-corrected chi connectivity index (χ3v) is 5.28. The van der Waals surface area contributed by atoms with Gasteiger partial charge in [-0.25, -0.2) is 9.97 Å². The minimum atomic E-state index is 0.590. The summed E-state index contributed by atoms with van der Waals surface area (Å²) >= 11 is 0. The monoisotopic (exact) mass is 385 g/mol. The van der Waals surface area contributed by atoms with Crippen LogP contribution in [0.25, 0.3) is 22.3 Å². The van der Waals surface area contributed by atoms with E-state index in [-0.39, 0.29) is 0 Å². The van der Waals surface area contributed by atoms with E-state index in [4.69, 9.17) is 9.72 Å². The van der Waals surface area contributed by atoms with Crippen molar-refractivity contribution in [3.63, 3.8) is 0 Å². The van der Waals surface area contributed by atoms with E-state index < -0.39 is 0 Å². The number of benzene rings is 2. The average Bonchev–Trinajstić information content (AvgIpc) is 3.18. The maximum absolute atomic E-state index is 5.45. The first kappa shape index (κ1) is 17.7. The maximum Gasteiger partial charge on any atom is 0.227 e. The minimum Gasteiger partial charge on any atom is -0.378 e. The summed E-state index contributed by atoms with van der Waals surface area (Å²) in [5.74, 6) is 0.590. The molecule has 3 heterocycles. The van der Waals surface area contributed by atoms with Crippen molar-refractivity contribution in [1.29, 1.82) is 0 Å². The maximum atomic E-state index is 5.45. The number of fused-ring (bicyclic) bond motifs is 1. The summed E-state index contributed by atoms with van der Waals surface area (Å²) in [5.41, 5.74) is 7.44. The van der Waals surface area contributed by atoms with E-state index in [1.165, 1.54) is 16.8 Å². The lowest BCUT2D eigenvalue weighted by Crippen LogP contribution is -2.36. The fraction of sp³-hybridized carbons (Fsp3) is 0.217. The van der Waals surface area contributed by atoms with E-state index in [0.29, 0.717) is 5.95 Å². The molecular formula is C23H23N5O. The van der Waals surface area contributed by atoms with Crippen molar-refractivity contribution in [3.8, 4) is 11.3 Å². The fourth-order valence-corrected chi connectivity index (χ4v) is 3.73. The standard InChI is InChI=1S/C23H23N5O/c1-16-5-2-3-8-19(16)20-14-21-22(26-20)15-24-23(27-21)25-17-6-4-7-18(13-17)28-9-11-29-12-10-28/h2-8,13-15,26H,9-12H2,1H3,(H,24,25,27). The molecule has 2 aromatic carbocycles. The molecule has 6 heteroatoms. The Hall–Kier alpha value is -3.38. The molecule has 6 nitrogen and oxygen atoms in total. The molecule has 29 heavy (non-hydrogen) atoms. The second kappa shape index (κ2) is 7.56. The number of ether oxygens (including phenoxy) is 1. The van der Waals surface area contributed by atoms with Crippen molar-refractivity contribution < 1.29 is 4.74 Å². The van der Waals surface area contributed by atoms with Crippen LogP contribution in [0.3, 0.4) is 0 Å². The summed E-state index contributed by atoms with van der Waals surface area (Å²) in [6, 6.07) is 18.8. The molecular weight excluding hydrogens is 362 g/mol. The van der Waals surface area contributed by atoms with Crippen LogP contribution in [-0.2, 0) is 4.74 Å². The summed E-state index contributed by atoms with van der Waals surface area (Å²) in [6.07, 6.45) is 1.83. The molecule has 2 N–H and O–H groups in total. The molecule has 1 saturated heterocycles. The number of morpholine rings is 1. The van der Waals surface area contributed by atoms with Gasteiger partial charge in [-0.2, -0.15) is 0 Å². The number of hydrogen-bond acceptors (Lipinski definition) is 5. The Morgan fingerprint density at radius 2 is 1.90 bits per heavy atom. The van der Waals surface area contributed by atoms with Crippen molar-refractivity contribution in [3.05, 3.63) is 66.4 Å². The Balaban J connectivity index is 1.40. The predicted molar refractivity (Wildman–Crippen MR) is 117 cm³/mol. The van der Waals surface area contributed by atoms with Crippen LogP contribution in [0.5, 0.6) is 0 Å². The van der Waals surface area contributed by atoms with Crippen LogP contribution < -0.4 is 10.2 Å². The second-order valence-corrected chi connectivity index (χ2v) is 7.27. The molecule has 0 spiro atoms. The number of aryl methyl sites for hydroxylation is 1. The van der Waals surface area contributed by atoms with E-state index in [9.17, 15) is 0 Å². The first-order valence-electron chi connectivity index (χ1n) is 9.88. The highest BCUT2D eigenvalue weighted by atomic mass is 16.5. The zero-order chi connectivity index (χ0) is 19.6. The van der Waals surface area contributed by atoms with Crippen LogP contribution >= 0.6 is 0 Å². The zero-order valence-corrected chi connectivity index (χ0v) is 16.4. The number of nitrogens with one attached hydrogen (secondary N) is 2. The second-order valence-electron chi connectivity index (χ2n) is 7.27. The molecule has 0 unspecified atom stereocenters. The Morgan fingerprint density at radius 1 is 1.03 bits per heavy atom. The van der Waals surface area contributed by atoms with E-state index in [1.54, 1.807) is 0 Å². The lowest BCUT2D eigenvalue weighted by atomic mass is 10.1. The van der Waals surface area contributed by atoms with Crippen LogP contribution in [-0.4, -0.2) is 41.3 Å². The molecule has 4 aromatic rings. The summed E-state index contributed by atoms with van der Waals surface area (Å²) in [5, 5.41) is 3.34. The highest BCUT2D eigenvalue weighted by Crippen LogP contribution is 2.27. The van der Waals surface area contributed by atoms with E-state index in [0.717, 1.165) is 48.7 Å². The third-order valence-electron chi connectivity index (χ3n) is 5.28. The summed E-state index contributed by atoms with van der Waals surface area (Å²) in [6.45, 7) is 5.48. The van der Waals surface area contributed by atoms with Crippen LogP contribution in [0.15, 0.2) is 60.8 Å². The lowest BCUT2D eigenvalue weighted by Gasteiger charge is -2.29. The van der Waals surface area contributed by atoms with Gasteiger partial charge in [0.15, 0.2) is 0 Å².